The second-order valence-electron chi connectivity index (χ2n) is 6.38. The molecule has 0 amide bonds. The summed E-state index contributed by atoms with van der Waals surface area (Å²) < 4.78 is 12.5. The number of rotatable bonds is 7. The Kier molecular flexibility index (Phi) is 7.09. The number of carbonyl (C=O) groups is 1. The van der Waals surface area contributed by atoms with Crippen LogP contribution in [0.1, 0.15) is 27.0 Å². The molecule has 0 atom stereocenters. The summed E-state index contributed by atoms with van der Waals surface area (Å²) in [5.74, 6) is 0.167. The molecule has 3 rings (SSSR count). The number of methoxy groups -OCH3 is 1. The largest absolute Gasteiger partial charge is 0.493 e. The van der Waals surface area contributed by atoms with Gasteiger partial charge in [-0.3, -0.25) is 0 Å². The first-order chi connectivity index (χ1) is 14.5. The van der Waals surface area contributed by atoms with Gasteiger partial charge in [0.2, 0.25) is 0 Å². The lowest BCUT2D eigenvalue weighted by Gasteiger charge is -2.12. The van der Waals surface area contributed by atoms with Crippen LogP contribution in [0.15, 0.2) is 66.7 Å². The van der Waals surface area contributed by atoms with Crippen molar-refractivity contribution in [2.75, 3.05) is 7.11 Å². The van der Waals surface area contributed by atoms with Gasteiger partial charge in [-0.1, -0.05) is 30.3 Å². The van der Waals surface area contributed by atoms with Gasteiger partial charge in [0.15, 0.2) is 11.5 Å². The van der Waals surface area contributed by atoms with Gasteiger partial charge < -0.3 is 14.6 Å². The average molecular weight is 511 g/mol. The zero-order valence-corrected chi connectivity index (χ0v) is 18.3. The van der Waals surface area contributed by atoms with Gasteiger partial charge in [-0.15, -0.1) is 0 Å². The lowest BCUT2D eigenvalue weighted by Crippen LogP contribution is -1.98. The number of nitriles is 1. The number of carboxylic acids is 1. The monoisotopic (exact) mass is 511 g/mol. The summed E-state index contributed by atoms with van der Waals surface area (Å²) in [5.41, 5.74) is 3.06. The molecule has 0 radical (unpaired) electrons. The summed E-state index contributed by atoms with van der Waals surface area (Å²) in [6.07, 6.45) is 1.72. The molecule has 0 heterocycles. The number of hydrogen-bond acceptors (Lipinski definition) is 4. The third-order valence-electron chi connectivity index (χ3n) is 4.37. The van der Waals surface area contributed by atoms with Gasteiger partial charge in [0, 0.05) is 3.57 Å². The first-order valence-corrected chi connectivity index (χ1v) is 10.1. The van der Waals surface area contributed by atoms with Crippen LogP contribution in [0.5, 0.6) is 11.5 Å². The van der Waals surface area contributed by atoms with Crippen molar-refractivity contribution in [3.05, 3.63) is 92.6 Å². The average Bonchev–Trinajstić information content (AvgIpc) is 2.77. The van der Waals surface area contributed by atoms with Crippen LogP contribution in [-0.4, -0.2) is 18.2 Å². The number of benzene rings is 3. The van der Waals surface area contributed by atoms with Crippen molar-refractivity contribution in [2.45, 2.75) is 6.61 Å². The van der Waals surface area contributed by atoms with E-state index in [0.717, 1.165) is 14.7 Å². The quantitative estimate of drug-likeness (QED) is 0.252. The van der Waals surface area contributed by atoms with Crippen LogP contribution in [0.3, 0.4) is 0 Å². The van der Waals surface area contributed by atoms with Crippen LogP contribution in [0.25, 0.3) is 11.6 Å². The van der Waals surface area contributed by atoms with Gasteiger partial charge in [0.25, 0.3) is 0 Å². The van der Waals surface area contributed by atoms with Crippen molar-refractivity contribution < 1.29 is 19.4 Å². The Morgan fingerprint density at radius 3 is 2.30 bits per heavy atom. The molecule has 0 unspecified atom stereocenters. The summed E-state index contributed by atoms with van der Waals surface area (Å²) in [7, 11) is 1.57. The van der Waals surface area contributed by atoms with Crippen molar-refractivity contribution in [3.8, 4) is 17.6 Å². The zero-order chi connectivity index (χ0) is 21.5. The van der Waals surface area contributed by atoms with E-state index in [2.05, 4.69) is 28.7 Å². The van der Waals surface area contributed by atoms with E-state index in [1.54, 1.807) is 37.5 Å². The van der Waals surface area contributed by atoms with Crippen molar-refractivity contribution >= 4 is 40.2 Å². The first kappa shape index (κ1) is 21.4. The van der Waals surface area contributed by atoms with Crippen molar-refractivity contribution in [3.63, 3.8) is 0 Å². The molecular weight excluding hydrogens is 493 g/mol. The Morgan fingerprint density at radius 1 is 1.03 bits per heavy atom. The maximum Gasteiger partial charge on any atom is 0.335 e. The Morgan fingerprint density at radius 2 is 1.70 bits per heavy atom. The minimum atomic E-state index is -1.01. The number of hydrogen-bond donors (Lipinski definition) is 1. The molecule has 0 aliphatic carbocycles. The molecule has 150 valence electrons. The van der Waals surface area contributed by atoms with E-state index in [0.29, 0.717) is 29.2 Å². The fourth-order valence-corrected chi connectivity index (χ4v) is 3.13. The number of nitrogens with zero attached hydrogens (tertiary/aromatic N) is 1. The summed E-state index contributed by atoms with van der Waals surface area (Å²) in [5, 5.41) is 18.6. The summed E-state index contributed by atoms with van der Waals surface area (Å²) >= 11 is 2.26. The summed E-state index contributed by atoms with van der Waals surface area (Å²) in [6.45, 7) is 0.418. The second kappa shape index (κ2) is 9.94. The predicted molar refractivity (Wildman–Crippen MR) is 123 cm³/mol. The fourth-order valence-electron chi connectivity index (χ4n) is 2.77. The lowest BCUT2D eigenvalue weighted by molar-refractivity contribution is 0.0697. The van der Waals surface area contributed by atoms with E-state index in [1.165, 1.54) is 12.1 Å². The normalized spacial score (nSPS) is 10.9. The van der Waals surface area contributed by atoms with Crippen LogP contribution in [0.4, 0.5) is 0 Å². The lowest BCUT2D eigenvalue weighted by atomic mass is 10.0. The Bertz CT molecular complexity index is 1110. The van der Waals surface area contributed by atoms with Crippen molar-refractivity contribution in [1.82, 2.24) is 0 Å². The Balaban J connectivity index is 1.80. The van der Waals surface area contributed by atoms with Crippen LogP contribution in [0, 0.1) is 14.9 Å². The van der Waals surface area contributed by atoms with E-state index >= 15 is 0 Å². The van der Waals surface area contributed by atoms with Gasteiger partial charge >= 0.3 is 5.97 Å². The number of allylic oxidation sites excluding steroid dienone is 1. The standard InChI is InChI=1S/C24H18INO4/c1-29-23-13-17(4-11-22(23)30-15-16-2-9-21(25)10-3-16)12-20(14-26)18-5-7-19(8-6-18)24(27)28/h2-13H,15H2,1H3,(H,27,28)/b20-12-. The Hall–Kier alpha value is -3.31. The van der Waals surface area contributed by atoms with Gasteiger partial charge in [0.05, 0.1) is 24.3 Å². The molecule has 30 heavy (non-hydrogen) atoms. The number of carboxylic acid groups (broad SMARTS) is 1. The second-order valence-corrected chi connectivity index (χ2v) is 7.62. The maximum absolute atomic E-state index is 11.0. The fraction of sp³-hybridized carbons (Fsp3) is 0.0833. The van der Waals surface area contributed by atoms with E-state index < -0.39 is 5.97 Å². The molecule has 0 saturated heterocycles. The molecule has 3 aromatic rings. The highest BCUT2D eigenvalue weighted by Gasteiger charge is 2.08. The highest BCUT2D eigenvalue weighted by Crippen LogP contribution is 2.30. The molecule has 6 heteroatoms. The van der Waals surface area contributed by atoms with Gasteiger partial charge in [0.1, 0.15) is 6.61 Å². The topological polar surface area (TPSA) is 79.5 Å². The Labute approximate surface area is 188 Å². The molecular formula is C24H18INO4. The van der Waals surface area contributed by atoms with E-state index in [9.17, 15) is 10.1 Å². The van der Waals surface area contributed by atoms with E-state index in [4.69, 9.17) is 14.6 Å². The highest BCUT2D eigenvalue weighted by atomic mass is 127. The maximum atomic E-state index is 11.0. The van der Waals surface area contributed by atoms with E-state index in [1.807, 2.05) is 30.3 Å². The SMILES string of the molecule is COc1cc(/C=C(/C#N)c2ccc(C(=O)O)cc2)ccc1OCc1ccc(I)cc1. The molecule has 1 N–H and O–H groups in total. The van der Waals surface area contributed by atoms with Crippen molar-refractivity contribution in [2.24, 2.45) is 0 Å². The summed E-state index contributed by atoms with van der Waals surface area (Å²) in [4.78, 5) is 11.0. The highest BCUT2D eigenvalue weighted by molar-refractivity contribution is 14.1. The van der Waals surface area contributed by atoms with Crippen LogP contribution in [-0.2, 0) is 6.61 Å². The molecule has 0 aliphatic rings. The van der Waals surface area contributed by atoms with Gasteiger partial charge in [-0.2, -0.15) is 5.26 Å². The molecule has 0 bridgehead atoms. The predicted octanol–water partition coefficient (Wildman–Crippen LogP) is 5.64. The third-order valence-corrected chi connectivity index (χ3v) is 5.09. The number of ether oxygens (including phenoxy) is 2. The molecule has 0 aromatic heterocycles. The molecule has 0 saturated carbocycles. The van der Waals surface area contributed by atoms with Gasteiger partial charge in [-0.25, -0.2) is 4.79 Å². The molecule has 3 aromatic carbocycles. The molecule has 0 fully saturated rings. The minimum absolute atomic E-state index is 0.173. The zero-order valence-electron chi connectivity index (χ0n) is 16.1. The third kappa shape index (κ3) is 5.39. The van der Waals surface area contributed by atoms with Crippen LogP contribution >= 0.6 is 22.6 Å². The van der Waals surface area contributed by atoms with E-state index in [-0.39, 0.29) is 5.56 Å². The smallest absolute Gasteiger partial charge is 0.335 e. The number of halogens is 1. The van der Waals surface area contributed by atoms with Gasteiger partial charge in [-0.05, 0) is 81.8 Å². The minimum Gasteiger partial charge on any atom is -0.493 e. The van der Waals surface area contributed by atoms with Crippen LogP contribution in [0.2, 0.25) is 0 Å². The summed E-state index contributed by atoms with van der Waals surface area (Å²) in [6, 6.07) is 21.9. The first-order valence-electron chi connectivity index (χ1n) is 9.01. The van der Waals surface area contributed by atoms with Crippen LogP contribution < -0.4 is 9.47 Å². The number of aromatic carboxylic acids is 1. The molecule has 0 aliphatic heterocycles. The van der Waals surface area contributed by atoms with Crippen molar-refractivity contribution in [1.29, 1.82) is 5.26 Å². The molecule has 5 nitrogen and oxygen atoms in total. The molecule has 0 spiro atoms.